The highest BCUT2D eigenvalue weighted by molar-refractivity contribution is 8.08. The number of rotatable bonds is 0. The molecule has 1 aliphatic heterocycles. The van der Waals surface area contributed by atoms with Crippen LogP contribution < -0.4 is 0 Å². The third kappa shape index (κ3) is 4.45. The molecule has 1 saturated heterocycles. The third-order valence-electron chi connectivity index (χ3n) is 0.939. The molecule has 1 heterocycles. The Morgan fingerprint density at radius 1 is 0.778 bits per heavy atom. The van der Waals surface area contributed by atoms with Crippen LogP contribution in [-0.2, 0) is 0 Å². The van der Waals surface area contributed by atoms with Crippen molar-refractivity contribution in [2.45, 2.75) is 0 Å². The highest BCUT2D eigenvalue weighted by atomic mass is 32.2. The van der Waals surface area contributed by atoms with E-state index < -0.39 is 0 Å². The van der Waals surface area contributed by atoms with Crippen molar-refractivity contribution >= 4 is 35.3 Å². The van der Waals surface area contributed by atoms with Crippen LogP contribution in [0.1, 0.15) is 0 Å². The third-order valence-corrected chi connectivity index (χ3v) is 4.15. The Kier molecular flexibility index (Phi) is 5.26. The van der Waals surface area contributed by atoms with Gasteiger partial charge in [0, 0.05) is 34.5 Å². The maximum atomic E-state index is 2.20. The smallest absolute Gasteiger partial charge is 0.0307 e. The lowest BCUT2D eigenvalue weighted by molar-refractivity contribution is 1.50. The minimum atomic E-state index is 1.28. The molecular formula is C6H10S3. The van der Waals surface area contributed by atoms with E-state index in [1.807, 2.05) is 23.5 Å². The van der Waals surface area contributed by atoms with Gasteiger partial charge in [0.1, 0.15) is 0 Å². The molecule has 2 radical (unpaired) electrons. The maximum Gasteiger partial charge on any atom is 0.0307 e. The topological polar surface area (TPSA) is 0 Å². The van der Waals surface area contributed by atoms with Crippen molar-refractivity contribution in [1.82, 2.24) is 0 Å². The summed E-state index contributed by atoms with van der Waals surface area (Å²) in [5.41, 5.74) is 0. The van der Waals surface area contributed by atoms with E-state index in [9.17, 15) is 0 Å². The second-order valence-electron chi connectivity index (χ2n) is 1.63. The first-order valence-corrected chi connectivity index (χ1v) is 6.21. The van der Waals surface area contributed by atoms with Crippen molar-refractivity contribution < 1.29 is 0 Å². The van der Waals surface area contributed by atoms with E-state index in [1.165, 1.54) is 23.0 Å². The highest BCUT2D eigenvalue weighted by Gasteiger charge is 1.96. The van der Waals surface area contributed by atoms with E-state index in [-0.39, 0.29) is 0 Å². The molecule has 0 aromatic heterocycles. The quantitative estimate of drug-likeness (QED) is 0.559. The summed E-state index contributed by atoms with van der Waals surface area (Å²) in [7, 11) is 0. The van der Waals surface area contributed by atoms with Crippen LogP contribution in [0.2, 0.25) is 0 Å². The largest absolute Gasteiger partial charge is 0.160 e. The van der Waals surface area contributed by atoms with Gasteiger partial charge in [0.15, 0.2) is 0 Å². The van der Waals surface area contributed by atoms with Crippen molar-refractivity contribution in [2.75, 3.05) is 23.0 Å². The molecule has 0 spiro atoms. The van der Waals surface area contributed by atoms with Gasteiger partial charge in [-0.05, 0) is 0 Å². The van der Waals surface area contributed by atoms with Gasteiger partial charge < -0.3 is 0 Å². The van der Waals surface area contributed by atoms with Crippen molar-refractivity contribution in [3.05, 3.63) is 11.5 Å². The zero-order chi connectivity index (χ0) is 6.36. The van der Waals surface area contributed by atoms with Crippen molar-refractivity contribution in [3.8, 4) is 0 Å². The van der Waals surface area contributed by atoms with Gasteiger partial charge in [0.25, 0.3) is 0 Å². The number of hydrogen-bond donors (Lipinski definition) is 0. The molecular weight excluding hydrogens is 168 g/mol. The van der Waals surface area contributed by atoms with E-state index in [1.54, 1.807) is 0 Å². The molecule has 9 heavy (non-hydrogen) atoms. The second-order valence-corrected chi connectivity index (χ2v) is 4.88. The molecule has 0 N–H and O–H groups in total. The summed E-state index contributed by atoms with van der Waals surface area (Å²) in [4.78, 5) is 0. The van der Waals surface area contributed by atoms with Crippen molar-refractivity contribution in [1.29, 1.82) is 0 Å². The molecule has 0 bridgehead atoms. The summed E-state index contributed by atoms with van der Waals surface area (Å²) in [5.74, 6) is 9.60. The molecule has 1 fully saturated rings. The van der Waals surface area contributed by atoms with Crippen molar-refractivity contribution in [2.24, 2.45) is 0 Å². The Bertz CT molecular complexity index is 36.8. The molecule has 0 saturated carbocycles. The SMILES string of the molecule is [CH]1[CH]SCCSCCS1. The van der Waals surface area contributed by atoms with E-state index in [4.69, 9.17) is 0 Å². The molecule has 52 valence electrons. The van der Waals surface area contributed by atoms with Gasteiger partial charge in [-0.2, -0.15) is 35.3 Å². The van der Waals surface area contributed by atoms with Gasteiger partial charge in [-0.3, -0.25) is 0 Å². The fourth-order valence-electron chi connectivity index (χ4n) is 0.531. The van der Waals surface area contributed by atoms with Crippen LogP contribution in [0.4, 0.5) is 0 Å². The molecule has 1 aliphatic rings. The molecule has 0 atom stereocenters. The summed E-state index contributed by atoms with van der Waals surface area (Å²) in [6.45, 7) is 0. The van der Waals surface area contributed by atoms with E-state index >= 15 is 0 Å². The zero-order valence-corrected chi connectivity index (χ0v) is 7.66. The molecule has 0 amide bonds. The Morgan fingerprint density at radius 2 is 1.33 bits per heavy atom. The standard InChI is InChI=1S/C6H10S3/c1-2-8-5-6-9-4-3-7-1/h1-2H,3-6H2. The van der Waals surface area contributed by atoms with E-state index in [0.29, 0.717) is 0 Å². The molecule has 0 aromatic rings. The number of hydrogen-bond acceptors (Lipinski definition) is 3. The van der Waals surface area contributed by atoms with Crippen LogP contribution in [0.5, 0.6) is 0 Å². The lowest BCUT2D eigenvalue weighted by Crippen LogP contribution is -1.85. The predicted molar refractivity (Wildman–Crippen MR) is 50.8 cm³/mol. The van der Waals surface area contributed by atoms with Gasteiger partial charge >= 0.3 is 0 Å². The predicted octanol–water partition coefficient (Wildman–Crippen LogP) is 2.52. The average molecular weight is 178 g/mol. The number of thioether (sulfide) groups is 3. The first kappa shape index (κ1) is 8.15. The molecule has 0 aliphatic carbocycles. The summed E-state index contributed by atoms with van der Waals surface area (Å²) >= 11 is 5.90. The van der Waals surface area contributed by atoms with E-state index in [0.717, 1.165) is 0 Å². The minimum absolute atomic E-state index is 1.28. The van der Waals surface area contributed by atoms with Crippen LogP contribution in [-0.4, -0.2) is 23.0 Å². The van der Waals surface area contributed by atoms with Crippen LogP contribution >= 0.6 is 35.3 Å². The van der Waals surface area contributed by atoms with Gasteiger partial charge in [-0.15, -0.1) is 0 Å². The lowest BCUT2D eigenvalue weighted by Gasteiger charge is -1.93. The van der Waals surface area contributed by atoms with Crippen LogP contribution in [0.15, 0.2) is 0 Å². The van der Waals surface area contributed by atoms with Crippen molar-refractivity contribution in [3.63, 3.8) is 0 Å². The molecule has 3 heteroatoms. The molecule has 0 unspecified atom stereocenters. The summed E-state index contributed by atoms with van der Waals surface area (Å²) < 4.78 is 0. The molecule has 0 nitrogen and oxygen atoms in total. The second kappa shape index (κ2) is 5.81. The molecule has 0 aromatic carbocycles. The van der Waals surface area contributed by atoms with Crippen LogP contribution in [0.3, 0.4) is 0 Å². The monoisotopic (exact) mass is 178 g/mol. The maximum absolute atomic E-state index is 2.20. The fourth-order valence-corrected chi connectivity index (χ4v) is 3.35. The fraction of sp³-hybridized carbons (Fsp3) is 0.667. The summed E-state index contributed by atoms with van der Waals surface area (Å²) in [6, 6.07) is 0. The van der Waals surface area contributed by atoms with Gasteiger partial charge in [0.2, 0.25) is 0 Å². The zero-order valence-electron chi connectivity index (χ0n) is 5.21. The lowest BCUT2D eigenvalue weighted by atomic mass is 10.9. The summed E-state index contributed by atoms with van der Waals surface area (Å²) in [6.07, 6.45) is 0. The minimum Gasteiger partial charge on any atom is -0.160 e. The van der Waals surface area contributed by atoms with Gasteiger partial charge in [-0.1, -0.05) is 0 Å². The Morgan fingerprint density at radius 3 is 1.89 bits per heavy atom. The first-order valence-electron chi connectivity index (χ1n) is 2.96. The van der Waals surface area contributed by atoms with E-state index in [2.05, 4.69) is 23.3 Å². The van der Waals surface area contributed by atoms with Gasteiger partial charge in [0.05, 0.1) is 0 Å². The Labute approximate surface area is 69.9 Å². The highest BCUT2D eigenvalue weighted by Crippen LogP contribution is 2.21. The first-order chi connectivity index (χ1) is 4.50. The molecule has 1 rings (SSSR count). The average Bonchev–Trinajstić information content (AvgIpc) is 2.00. The summed E-state index contributed by atoms with van der Waals surface area (Å²) in [5, 5.41) is 0. The Hall–Kier alpha value is 1.05. The normalized spacial score (nSPS) is 24.0. The Balaban J connectivity index is 2.02. The van der Waals surface area contributed by atoms with Crippen LogP contribution in [0, 0.1) is 11.5 Å². The van der Waals surface area contributed by atoms with Gasteiger partial charge in [-0.25, -0.2) is 0 Å². The van der Waals surface area contributed by atoms with Crippen LogP contribution in [0.25, 0.3) is 0 Å².